The maximum atomic E-state index is 13.3. The number of anilines is 2. The minimum atomic E-state index is -0.649. The second kappa shape index (κ2) is 9.98. The van der Waals surface area contributed by atoms with Gasteiger partial charge in [0.25, 0.3) is 5.91 Å². The fourth-order valence-electron chi connectivity index (χ4n) is 3.66. The number of nitrogens with one attached hydrogen (secondary N) is 2. The Balaban J connectivity index is 1.87. The zero-order valence-corrected chi connectivity index (χ0v) is 18.6. The lowest BCUT2D eigenvalue weighted by atomic mass is 9.97. The average molecular weight is 428 g/mol. The average Bonchev–Trinajstić information content (AvgIpc) is 2.75. The zero-order chi connectivity index (χ0) is 21.7. The van der Waals surface area contributed by atoms with Crippen LogP contribution in [-0.4, -0.2) is 30.3 Å². The van der Waals surface area contributed by atoms with E-state index < -0.39 is 5.38 Å². The first-order valence-electron chi connectivity index (χ1n) is 10.5. The van der Waals surface area contributed by atoms with Gasteiger partial charge in [0.05, 0.1) is 11.6 Å². The lowest BCUT2D eigenvalue weighted by Gasteiger charge is -2.33. The van der Waals surface area contributed by atoms with Gasteiger partial charge in [-0.05, 0) is 56.4 Å². The summed E-state index contributed by atoms with van der Waals surface area (Å²) in [6.45, 7) is 7.68. The van der Waals surface area contributed by atoms with Gasteiger partial charge in [-0.15, -0.1) is 11.6 Å². The number of amides is 2. The summed E-state index contributed by atoms with van der Waals surface area (Å²) < 4.78 is 0. The molecular weight excluding hydrogens is 398 g/mol. The van der Waals surface area contributed by atoms with Crippen molar-refractivity contribution in [1.29, 1.82) is 0 Å². The van der Waals surface area contributed by atoms with Crippen LogP contribution in [0.1, 0.15) is 55.6 Å². The number of carbonyl (C=O) groups is 2. The van der Waals surface area contributed by atoms with Gasteiger partial charge in [0.2, 0.25) is 5.91 Å². The molecule has 0 saturated carbocycles. The summed E-state index contributed by atoms with van der Waals surface area (Å²) in [6, 6.07) is 15.2. The van der Waals surface area contributed by atoms with Crippen molar-refractivity contribution in [2.24, 2.45) is 5.92 Å². The van der Waals surface area contributed by atoms with Crippen molar-refractivity contribution >= 4 is 34.8 Å². The van der Waals surface area contributed by atoms with E-state index in [4.69, 9.17) is 11.6 Å². The predicted octanol–water partition coefficient (Wildman–Crippen LogP) is 4.98. The van der Waals surface area contributed by atoms with Gasteiger partial charge in [-0.25, -0.2) is 0 Å². The molecule has 1 aliphatic rings. The lowest BCUT2D eigenvalue weighted by molar-refractivity contribution is -0.115. The molecule has 2 amide bonds. The number of halogens is 1. The summed E-state index contributed by atoms with van der Waals surface area (Å²) in [5, 5.41) is 5.24. The molecule has 1 fully saturated rings. The van der Waals surface area contributed by atoms with Crippen LogP contribution < -0.4 is 15.5 Å². The van der Waals surface area contributed by atoms with E-state index in [-0.39, 0.29) is 17.9 Å². The predicted molar refractivity (Wildman–Crippen MR) is 123 cm³/mol. The molecule has 0 bridgehead atoms. The summed E-state index contributed by atoms with van der Waals surface area (Å²) in [5.74, 6) is 0.246. The third-order valence-electron chi connectivity index (χ3n) is 5.64. The van der Waals surface area contributed by atoms with E-state index in [1.165, 1.54) is 0 Å². The Bertz CT molecular complexity index is 877. The molecule has 0 unspecified atom stereocenters. The Morgan fingerprint density at radius 1 is 1.07 bits per heavy atom. The number of alkyl halides is 1. The first-order valence-corrected chi connectivity index (χ1v) is 11.0. The van der Waals surface area contributed by atoms with Gasteiger partial charge in [-0.1, -0.05) is 37.3 Å². The highest BCUT2D eigenvalue weighted by molar-refractivity contribution is 6.32. The molecule has 3 rings (SSSR count). The van der Waals surface area contributed by atoms with Crippen LogP contribution >= 0.6 is 11.6 Å². The Morgan fingerprint density at radius 3 is 2.37 bits per heavy atom. The van der Waals surface area contributed by atoms with Crippen LogP contribution in [0.15, 0.2) is 48.5 Å². The van der Waals surface area contributed by atoms with E-state index in [1.807, 2.05) is 49.4 Å². The molecule has 2 aromatic rings. The molecule has 1 saturated heterocycles. The molecule has 2 atom stereocenters. The van der Waals surface area contributed by atoms with Crippen LogP contribution in [-0.2, 0) is 4.79 Å². The van der Waals surface area contributed by atoms with Gasteiger partial charge in [0, 0.05) is 24.5 Å². The quantitative estimate of drug-likeness (QED) is 0.639. The molecular formula is C24H30ClN3O2. The van der Waals surface area contributed by atoms with Crippen molar-refractivity contribution in [3.05, 3.63) is 59.7 Å². The Hall–Kier alpha value is -2.53. The molecule has 1 heterocycles. The van der Waals surface area contributed by atoms with Crippen molar-refractivity contribution in [2.75, 3.05) is 23.3 Å². The third kappa shape index (κ3) is 5.54. The van der Waals surface area contributed by atoms with E-state index in [9.17, 15) is 9.59 Å². The standard InChI is InChI=1S/C24H30ClN3O2/c1-16-11-13-28(14-12-16)22-10-9-20(27-23(29)17(2)25)15-21(22)24(30)26-18(3)19-7-5-4-6-8-19/h4-10,15-18H,11-14H2,1-3H3,(H,26,30)(H,27,29)/t17-,18-/m1/s1. The largest absolute Gasteiger partial charge is 0.371 e. The highest BCUT2D eigenvalue weighted by Crippen LogP contribution is 2.29. The second-order valence-corrected chi connectivity index (χ2v) is 8.77. The summed E-state index contributed by atoms with van der Waals surface area (Å²) >= 11 is 5.88. The van der Waals surface area contributed by atoms with Crippen molar-refractivity contribution in [2.45, 2.75) is 45.0 Å². The van der Waals surface area contributed by atoms with Gasteiger partial charge in [-0.2, -0.15) is 0 Å². The number of rotatable bonds is 6. The highest BCUT2D eigenvalue weighted by Gasteiger charge is 2.23. The number of piperidine rings is 1. The van der Waals surface area contributed by atoms with Crippen molar-refractivity contribution in [3.8, 4) is 0 Å². The van der Waals surface area contributed by atoms with E-state index in [0.29, 0.717) is 17.2 Å². The molecule has 2 N–H and O–H groups in total. The first kappa shape index (κ1) is 22.2. The second-order valence-electron chi connectivity index (χ2n) is 8.11. The van der Waals surface area contributed by atoms with E-state index in [0.717, 1.165) is 37.2 Å². The van der Waals surface area contributed by atoms with Crippen LogP contribution in [0.25, 0.3) is 0 Å². The number of carbonyl (C=O) groups excluding carboxylic acids is 2. The van der Waals surface area contributed by atoms with E-state index in [1.54, 1.807) is 13.0 Å². The maximum Gasteiger partial charge on any atom is 0.253 e. The summed E-state index contributed by atoms with van der Waals surface area (Å²) in [6.07, 6.45) is 2.20. The third-order valence-corrected chi connectivity index (χ3v) is 5.84. The summed E-state index contributed by atoms with van der Waals surface area (Å²) in [4.78, 5) is 27.5. The van der Waals surface area contributed by atoms with Gasteiger partial charge in [0.1, 0.15) is 5.38 Å². The van der Waals surface area contributed by atoms with E-state index >= 15 is 0 Å². The minimum Gasteiger partial charge on any atom is -0.371 e. The molecule has 160 valence electrons. The topological polar surface area (TPSA) is 61.4 Å². The van der Waals surface area contributed by atoms with Crippen molar-refractivity contribution < 1.29 is 9.59 Å². The fourth-order valence-corrected chi connectivity index (χ4v) is 3.72. The number of benzene rings is 2. The smallest absolute Gasteiger partial charge is 0.253 e. The van der Waals surface area contributed by atoms with Crippen molar-refractivity contribution in [1.82, 2.24) is 5.32 Å². The first-order chi connectivity index (χ1) is 14.3. The van der Waals surface area contributed by atoms with Crippen LogP contribution in [0.3, 0.4) is 0 Å². The van der Waals surface area contributed by atoms with Gasteiger partial charge in [-0.3, -0.25) is 9.59 Å². The summed E-state index contributed by atoms with van der Waals surface area (Å²) in [5.41, 5.74) is 3.07. The molecule has 0 radical (unpaired) electrons. The summed E-state index contributed by atoms with van der Waals surface area (Å²) in [7, 11) is 0. The molecule has 1 aliphatic heterocycles. The highest BCUT2D eigenvalue weighted by atomic mass is 35.5. The molecule has 6 heteroatoms. The molecule has 0 aliphatic carbocycles. The minimum absolute atomic E-state index is 0.131. The van der Waals surface area contributed by atoms with Crippen LogP contribution in [0, 0.1) is 5.92 Å². The van der Waals surface area contributed by atoms with Gasteiger partial charge in [0.15, 0.2) is 0 Å². The Morgan fingerprint density at radius 2 is 1.73 bits per heavy atom. The zero-order valence-electron chi connectivity index (χ0n) is 17.8. The molecule has 2 aromatic carbocycles. The van der Waals surface area contributed by atoms with Crippen LogP contribution in [0.2, 0.25) is 0 Å². The molecule has 5 nitrogen and oxygen atoms in total. The monoisotopic (exact) mass is 427 g/mol. The Kier molecular flexibility index (Phi) is 7.38. The number of nitrogens with zero attached hydrogens (tertiary/aromatic N) is 1. The molecule has 30 heavy (non-hydrogen) atoms. The lowest BCUT2D eigenvalue weighted by Crippen LogP contribution is -2.35. The molecule has 0 spiro atoms. The van der Waals surface area contributed by atoms with Crippen LogP contribution in [0.5, 0.6) is 0 Å². The maximum absolute atomic E-state index is 13.3. The number of hydrogen-bond acceptors (Lipinski definition) is 3. The van der Waals surface area contributed by atoms with Gasteiger partial charge >= 0.3 is 0 Å². The van der Waals surface area contributed by atoms with Gasteiger partial charge < -0.3 is 15.5 Å². The SMILES string of the molecule is CC1CCN(c2ccc(NC(=O)[C@@H](C)Cl)cc2C(=O)N[C@H](C)c2ccccc2)CC1. The number of hydrogen-bond donors (Lipinski definition) is 2. The normalized spacial score (nSPS) is 16.6. The molecule has 0 aromatic heterocycles. The van der Waals surface area contributed by atoms with E-state index in [2.05, 4.69) is 22.5 Å². The fraction of sp³-hybridized carbons (Fsp3) is 0.417. The van der Waals surface area contributed by atoms with Crippen molar-refractivity contribution in [3.63, 3.8) is 0 Å². The van der Waals surface area contributed by atoms with Crippen LogP contribution in [0.4, 0.5) is 11.4 Å². The Labute approximate surface area is 183 Å².